The van der Waals surface area contributed by atoms with E-state index < -0.39 is 0 Å². The van der Waals surface area contributed by atoms with Crippen molar-refractivity contribution >= 4 is 40.6 Å². The molecule has 0 bridgehead atoms. The summed E-state index contributed by atoms with van der Waals surface area (Å²) in [5, 5.41) is 3.58. The molecule has 1 aliphatic rings. The molecule has 0 unspecified atom stereocenters. The number of aryl methyl sites for hydroxylation is 1. The lowest BCUT2D eigenvalue weighted by Gasteiger charge is -2.44. The van der Waals surface area contributed by atoms with Gasteiger partial charge in [0, 0.05) is 30.9 Å². The molecule has 8 heteroatoms. The highest BCUT2D eigenvalue weighted by molar-refractivity contribution is 6.44. The van der Waals surface area contributed by atoms with E-state index in [9.17, 15) is 4.79 Å². The average molecular weight is 380 g/mol. The quantitative estimate of drug-likeness (QED) is 0.865. The maximum Gasteiger partial charge on any atom is 0.238 e. The number of aromatic nitrogens is 2. The Hall–Kier alpha value is -1.89. The van der Waals surface area contributed by atoms with E-state index in [0.29, 0.717) is 21.8 Å². The lowest BCUT2D eigenvalue weighted by molar-refractivity contribution is -0.117. The summed E-state index contributed by atoms with van der Waals surface area (Å²) in [6, 6.07) is 5.47. The summed E-state index contributed by atoms with van der Waals surface area (Å²) in [5.41, 5.74) is 1.58. The normalized spacial score (nSPS) is 14.5. The maximum absolute atomic E-state index is 12.2. The highest BCUT2D eigenvalue weighted by Gasteiger charge is 2.32. The van der Waals surface area contributed by atoms with Gasteiger partial charge in [0.1, 0.15) is 12.1 Å². The van der Waals surface area contributed by atoms with Crippen LogP contribution >= 0.6 is 23.2 Å². The largest absolute Gasteiger partial charge is 0.353 e. The Balaban J connectivity index is 1.52. The molecule has 25 heavy (non-hydrogen) atoms. The van der Waals surface area contributed by atoms with Crippen LogP contribution in [0, 0.1) is 6.92 Å². The zero-order valence-electron chi connectivity index (χ0n) is 14.0. The van der Waals surface area contributed by atoms with E-state index in [1.54, 1.807) is 24.5 Å². The van der Waals surface area contributed by atoms with Crippen LogP contribution in [0.5, 0.6) is 0 Å². The lowest BCUT2D eigenvalue weighted by atomic mass is 10.1. The molecule has 1 amide bonds. The van der Waals surface area contributed by atoms with Gasteiger partial charge < -0.3 is 10.2 Å². The molecule has 0 spiro atoms. The van der Waals surface area contributed by atoms with Crippen molar-refractivity contribution in [3.63, 3.8) is 0 Å². The Kier molecular flexibility index (Phi) is 5.42. The fourth-order valence-corrected chi connectivity index (χ4v) is 3.12. The van der Waals surface area contributed by atoms with Crippen molar-refractivity contribution in [2.75, 3.05) is 36.9 Å². The molecule has 0 saturated carbocycles. The molecule has 2 aromatic rings. The van der Waals surface area contributed by atoms with Gasteiger partial charge in [-0.1, -0.05) is 29.3 Å². The number of amides is 1. The van der Waals surface area contributed by atoms with Crippen LogP contribution in [-0.2, 0) is 4.79 Å². The fourth-order valence-electron chi connectivity index (χ4n) is 2.78. The molecule has 0 aliphatic carbocycles. The van der Waals surface area contributed by atoms with Crippen LogP contribution in [0.3, 0.4) is 0 Å². The molecule has 1 N–H and O–H groups in total. The summed E-state index contributed by atoms with van der Waals surface area (Å²) >= 11 is 12.1. The van der Waals surface area contributed by atoms with Gasteiger partial charge in [0.15, 0.2) is 0 Å². The number of anilines is 2. The van der Waals surface area contributed by atoms with Crippen molar-refractivity contribution in [1.82, 2.24) is 14.9 Å². The van der Waals surface area contributed by atoms with Crippen LogP contribution < -0.4 is 10.2 Å². The van der Waals surface area contributed by atoms with Crippen LogP contribution in [-0.4, -0.2) is 53.5 Å². The number of hydrogen-bond donors (Lipinski definition) is 1. The number of carbonyl (C=O) groups excluding carboxylic acids is 1. The summed E-state index contributed by atoms with van der Waals surface area (Å²) < 4.78 is 0. The van der Waals surface area contributed by atoms with Gasteiger partial charge in [0.2, 0.25) is 5.91 Å². The van der Waals surface area contributed by atoms with Gasteiger partial charge in [0.05, 0.1) is 22.3 Å². The minimum absolute atomic E-state index is 0.122. The first kappa shape index (κ1) is 17.9. The topological polar surface area (TPSA) is 61.4 Å². The Morgan fingerprint density at radius 3 is 2.88 bits per heavy atom. The first-order chi connectivity index (χ1) is 12.0. The molecule has 1 saturated heterocycles. The van der Waals surface area contributed by atoms with Crippen molar-refractivity contribution in [3.8, 4) is 0 Å². The number of hydrogen-bond acceptors (Lipinski definition) is 5. The predicted molar refractivity (Wildman–Crippen MR) is 100 cm³/mol. The molecular formula is C17H19Cl2N5O. The molecule has 2 heterocycles. The van der Waals surface area contributed by atoms with Gasteiger partial charge in [0.25, 0.3) is 0 Å². The standard InChI is InChI=1S/C17H19Cl2N5O/c1-11-6-20-10-21-17(11)24-7-12(8-24)23(2)9-15(25)22-14-5-3-4-13(18)16(14)19/h3-6,10,12H,7-9H2,1-2H3,(H,22,25). The smallest absolute Gasteiger partial charge is 0.238 e. The van der Waals surface area contributed by atoms with E-state index in [-0.39, 0.29) is 12.5 Å². The zero-order valence-corrected chi connectivity index (χ0v) is 15.6. The second kappa shape index (κ2) is 7.56. The predicted octanol–water partition coefficient (Wildman–Crippen LogP) is 2.85. The first-order valence-corrected chi connectivity index (χ1v) is 8.67. The number of nitrogens with one attached hydrogen (secondary N) is 1. The van der Waals surface area contributed by atoms with Crippen molar-refractivity contribution in [2.24, 2.45) is 0 Å². The molecule has 6 nitrogen and oxygen atoms in total. The SMILES string of the molecule is Cc1cncnc1N1CC(N(C)CC(=O)Nc2cccc(Cl)c2Cl)C1. The van der Waals surface area contributed by atoms with Crippen LogP contribution in [0.4, 0.5) is 11.5 Å². The van der Waals surface area contributed by atoms with Crippen molar-refractivity contribution in [3.05, 3.63) is 46.3 Å². The first-order valence-electron chi connectivity index (χ1n) is 7.91. The number of rotatable bonds is 5. The average Bonchev–Trinajstić information content (AvgIpc) is 2.52. The molecule has 0 atom stereocenters. The Bertz CT molecular complexity index is 779. The molecule has 0 radical (unpaired) electrons. The van der Waals surface area contributed by atoms with Crippen molar-refractivity contribution < 1.29 is 4.79 Å². The summed E-state index contributed by atoms with van der Waals surface area (Å²) in [6.07, 6.45) is 3.36. The third kappa shape index (κ3) is 4.03. The van der Waals surface area contributed by atoms with Crippen LogP contribution in [0.25, 0.3) is 0 Å². The molecule has 132 valence electrons. The number of benzene rings is 1. The van der Waals surface area contributed by atoms with Gasteiger partial charge >= 0.3 is 0 Å². The van der Waals surface area contributed by atoms with E-state index in [1.807, 2.05) is 25.1 Å². The number of halogens is 2. The summed E-state index contributed by atoms with van der Waals surface area (Å²) in [5.74, 6) is 0.832. The van der Waals surface area contributed by atoms with Gasteiger partial charge in [-0.15, -0.1) is 0 Å². The minimum atomic E-state index is -0.122. The van der Waals surface area contributed by atoms with E-state index in [4.69, 9.17) is 23.2 Å². The molecular weight excluding hydrogens is 361 g/mol. The summed E-state index contributed by atoms with van der Waals surface area (Å²) in [6.45, 7) is 3.94. The van der Waals surface area contributed by atoms with Gasteiger partial charge in [-0.2, -0.15) is 0 Å². The monoisotopic (exact) mass is 379 g/mol. The Morgan fingerprint density at radius 2 is 2.16 bits per heavy atom. The summed E-state index contributed by atoms with van der Waals surface area (Å²) in [4.78, 5) is 24.8. The molecule has 1 aliphatic heterocycles. The van der Waals surface area contributed by atoms with Crippen molar-refractivity contribution in [2.45, 2.75) is 13.0 Å². The highest BCUT2D eigenvalue weighted by atomic mass is 35.5. The molecule has 1 aromatic heterocycles. The highest BCUT2D eigenvalue weighted by Crippen LogP contribution is 2.29. The van der Waals surface area contributed by atoms with E-state index in [1.165, 1.54) is 0 Å². The fraction of sp³-hybridized carbons (Fsp3) is 0.353. The Morgan fingerprint density at radius 1 is 1.40 bits per heavy atom. The third-order valence-electron chi connectivity index (χ3n) is 4.27. The van der Waals surface area contributed by atoms with Gasteiger partial charge in [-0.05, 0) is 26.1 Å². The molecule has 1 fully saturated rings. The van der Waals surface area contributed by atoms with Crippen LogP contribution in [0.15, 0.2) is 30.7 Å². The number of likely N-dealkylation sites (N-methyl/N-ethyl adjacent to an activating group) is 1. The van der Waals surface area contributed by atoms with E-state index in [0.717, 1.165) is 24.5 Å². The minimum Gasteiger partial charge on any atom is -0.353 e. The number of carbonyl (C=O) groups is 1. The van der Waals surface area contributed by atoms with Gasteiger partial charge in [-0.3, -0.25) is 9.69 Å². The zero-order chi connectivity index (χ0) is 18.0. The van der Waals surface area contributed by atoms with Gasteiger partial charge in [-0.25, -0.2) is 9.97 Å². The molecule has 1 aromatic carbocycles. The van der Waals surface area contributed by atoms with Crippen molar-refractivity contribution in [1.29, 1.82) is 0 Å². The second-order valence-corrected chi connectivity index (χ2v) is 6.94. The molecule has 3 rings (SSSR count). The van der Waals surface area contributed by atoms with E-state index in [2.05, 4.69) is 20.2 Å². The van der Waals surface area contributed by atoms with Crippen LogP contribution in [0.2, 0.25) is 10.0 Å². The third-order valence-corrected chi connectivity index (χ3v) is 5.09. The second-order valence-electron chi connectivity index (χ2n) is 6.15. The lowest BCUT2D eigenvalue weighted by Crippen LogP contribution is -2.60. The van der Waals surface area contributed by atoms with E-state index >= 15 is 0 Å². The number of nitrogens with zero attached hydrogens (tertiary/aromatic N) is 4. The Labute approximate surface area is 156 Å². The maximum atomic E-state index is 12.2. The summed E-state index contributed by atoms with van der Waals surface area (Å²) in [7, 11) is 1.94. The van der Waals surface area contributed by atoms with Crippen LogP contribution in [0.1, 0.15) is 5.56 Å².